The third-order valence-corrected chi connectivity index (χ3v) is 4.40. The molecular formula is C20H19N5O4. The van der Waals surface area contributed by atoms with Gasteiger partial charge in [-0.1, -0.05) is 5.16 Å². The van der Waals surface area contributed by atoms with Crippen molar-refractivity contribution >= 4 is 22.6 Å². The summed E-state index contributed by atoms with van der Waals surface area (Å²) in [5.41, 5.74) is 2.29. The van der Waals surface area contributed by atoms with Crippen molar-refractivity contribution in [2.75, 3.05) is 5.32 Å². The van der Waals surface area contributed by atoms with Crippen LogP contribution in [0.2, 0.25) is 0 Å². The summed E-state index contributed by atoms with van der Waals surface area (Å²) in [6.07, 6.45) is 0. The molecule has 1 amide bonds. The van der Waals surface area contributed by atoms with Crippen molar-refractivity contribution < 1.29 is 14.1 Å². The highest BCUT2D eigenvalue weighted by molar-refractivity contribution is 6.05. The number of benzene rings is 2. The van der Waals surface area contributed by atoms with E-state index in [1.165, 1.54) is 0 Å². The summed E-state index contributed by atoms with van der Waals surface area (Å²) in [6, 6.07) is 12.1. The summed E-state index contributed by atoms with van der Waals surface area (Å²) >= 11 is 0. The standard InChI is InChI=1S/C20H19N5O4/c1-3-25-17-9-4-13(10-16(17)23-20(25)27)19(26)22-14-5-7-15(8-6-14)28-11-18-21-12(2)29-24-18/h4-10H,3,11H2,1-2H3,(H,22,26)(H,23,27). The maximum absolute atomic E-state index is 12.5. The molecule has 0 fully saturated rings. The fourth-order valence-corrected chi connectivity index (χ4v) is 3.00. The van der Waals surface area contributed by atoms with Gasteiger partial charge in [-0.3, -0.25) is 9.36 Å². The summed E-state index contributed by atoms with van der Waals surface area (Å²) in [6.45, 7) is 4.36. The van der Waals surface area contributed by atoms with Gasteiger partial charge in [0.1, 0.15) is 5.75 Å². The molecule has 9 nitrogen and oxygen atoms in total. The van der Waals surface area contributed by atoms with Gasteiger partial charge in [0.15, 0.2) is 6.61 Å². The molecule has 29 heavy (non-hydrogen) atoms. The molecule has 0 bridgehead atoms. The lowest BCUT2D eigenvalue weighted by molar-refractivity contribution is 0.102. The number of anilines is 1. The number of nitrogens with zero attached hydrogens (tertiary/aromatic N) is 3. The molecule has 4 aromatic rings. The number of hydrogen-bond donors (Lipinski definition) is 2. The second-order valence-corrected chi connectivity index (χ2v) is 6.40. The molecule has 9 heteroatoms. The maximum atomic E-state index is 12.5. The van der Waals surface area contributed by atoms with E-state index in [4.69, 9.17) is 9.26 Å². The minimum atomic E-state index is -0.270. The van der Waals surface area contributed by atoms with Crippen molar-refractivity contribution in [3.63, 3.8) is 0 Å². The van der Waals surface area contributed by atoms with Crippen LogP contribution in [0, 0.1) is 6.92 Å². The summed E-state index contributed by atoms with van der Waals surface area (Å²) < 4.78 is 12.1. The topological polar surface area (TPSA) is 115 Å². The smallest absolute Gasteiger partial charge is 0.326 e. The van der Waals surface area contributed by atoms with Crippen LogP contribution in [-0.2, 0) is 13.2 Å². The molecule has 0 saturated heterocycles. The molecular weight excluding hydrogens is 374 g/mol. The van der Waals surface area contributed by atoms with E-state index in [-0.39, 0.29) is 18.2 Å². The van der Waals surface area contributed by atoms with E-state index in [1.54, 1.807) is 54.0 Å². The minimum Gasteiger partial charge on any atom is -0.485 e. The molecule has 0 aliphatic rings. The van der Waals surface area contributed by atoms with Gasteiger partial charge in [-0.15, -0.1) is 0 Å². The lowest BCUT2D eigenvalue weighted by Gasteiger charge is -2.08. The molecule has 0 atom stereocenters. The first-order valence-corrected chi connectivity index (χ1v) is 9.09. The Morgan fingerprint density at radius 3 is 2.72 bits per heavy atom. The van der Waals surface area contributed by atoms with Crippen molar-refractivity contribution in [3.05, 3.63) is 70.2 Å². The lowest BCUT2D eigenvalue weighted by atomic mass is 10.2. The largest absolute Gasteiger partial charge is 0.485 e. The average Bonchev–Trinajstić information content (AvgIpc) is 3.28. The Morgan fingerprint density at radius 2 is 2.03 bits per heavy atom. The van der Waals surface area contributed by atoms with E-state index < -0.39 is 0 Å². The van der Waals surface area contributed by atoms with Gasteiger partial charge in [-0.25, -0.2) is 4.79 Å². The molecule has 0 aliphatic carbocycles. The van der Waals surface area contributed by atoms with E-state index in [9.17, 15) is 9.59 Å². The second-order valence-electron chi connectivity index (χ2n) is 6.40. The average molecular weight is 393 g/mol. The highest BCUT2D eigenvalue weighted by Crippen LogP contribution is 2.19. The Balaban J connectivity index is 1.42. The van der Waals surface area contributed by atoms with Crippen LogP contribution in [0.5, 0.6) is 5.75 Å². The van der Waals surface area contributed by atoms with Crippen LogP contribution in [0.25, 0.3) is 11.0 Å². The summed E-state index contributed by atoms with van der Waals surface area (Å²) in [5, 5.41) is 6.59. The number of carbonyl (C=O) groups excluding carboxylic acids is 1. The number of aromatic nitrogens is 4. The molecule has 2 N–H and O–H groups in total. The molecule has 0 radical (unpaired) electrons. The van der Waals surface area contributed by atoms with E-state index in [1.807, 2.05) is 6.92 Å². The van der Waals surface area contributed by atoms with Crippen molar-refractivity contribution in [3.8, 4) is 5.75 Å². The summed E-state index contributed by atoms with van der Waals surface area (Å²) in [7, 11) is 0. The van der Waals surface area contributed by atoms with Crippen molar-refractivity contribution in [1.82, 2.24) is 19.7 Å². The first-order chi connectivity index (χ1) is 14.0. The highest BCUT2D eigenvalue weighted by atomic mass is 16.5. The molecule has 2 aromatic carbocycles. The number of H-pyrrole nitrogens is 1. The number of amides is 1. The molecule has 0 saturated carbocycles. The first-order valence-electron chi connectivity index (χ1n) is 9.09. The van der Waals surface area contributed by atoms with Crippen LogP contribution < -0.4 is 15.7 Å². The van der Waals surface area contributed by atoms with E-state index in [0.717, 1.165) is 5.52 Å². The number of imidazole rings is 1. The Morgan fingerprint density at radius 1 is 1.24 bits per heavy atom. The lowest BCUT2D eigenvalue weighted by Crippen LogP contribution is -2.14. The zero-order valence-corrected chi connectivity index (χ0v) is 15.9. The van der Waals surface area contributed by atoms with Crippen LogP contribution in [0.15, 0.2) is 51.8 Å². The van der Waals surface area contributed by atoms with E-state index in [0.29, 0.717) is 40.8 Å². The van der Waals surface area contributed by atoms with Crippen LogP contribution in [-0.4, -0.2) is 25.6 Å². The quantitative estimate of drug-likeness (QED) is 0.520. The van der Waals surface area contributed by atoms with Gasteiger partial charge in [-0.05, 0) is 49.4 Å². The monoisotopic (exact) mass is 393 g/mol. The van der Waals surface area contributed by atoms with Gasteiger partial charge >= 0.3 is 5.69 Å². The summed E-state index contributed by atoms with van der Waals surface area (Å²) in [5.74, 6) is 1.29. The Labute approximate surface area is 165 Å². The zero-order chi connectivity index (χ0) is 20.4. The van der Waals surface area contributed by atoms with Crippen LogP contribution in [0.4, 0.5) is 5.69 Å². The van der Waals surface area contributed by atoms with Gasteiger partial charge in [0, 0.05) is 24.7 Å². The molecule has 2 aromatic heterocycles. The number of ether oxygens (including phenoxy) is 1. The normalized spacial score (nSPS) is 11.0. The van der Waals surface area contributed by atoms with Gasteiger partial charge < -0.3 is 19.6 Å². The molecule has 4 rings (SSSR count). The van der Waals surface area contributed by atoms with Crippen LogP contribution >= 0.6 is 0 Å². The minimum absolute atomic E-state index is 0.188. The van der Waals surface area contributed by atoms with Crippen LogP contribution in [0.3, 0.4) is 0 Å². The molecule has 148 valence electrons. The number of carbonyl (C=O) groups is 1. The summed E-state index contributed by atoms with van der Waals surface area (Å²) in [4.78, 5) is 31.3. The van der Waals surface area contributed by atoms with Crippen molar-refractivity contribution in [2.45, 2.75) is 27.0 Å². The SMILES string of the molecule is CCn1c(=O)[nH]c2cc(C(=O)Nc3ccc(OCc4noc(C)n4)cc3)ccc21. The number of hydrogen-bond acceptors (Lipinski definition) is 6. The number of aryl methyl sites for hydroxylation is 2. The first kappa shape index (κ1) is 18.5. The third-order valence-electron chi connectivity index (χ3n) is 4.40. The Kier molecular flexibility index (Phi) is 4.86. The number of rotatable bonds is 6. The molecule has 2 heterocycles. The van der Waals surface area contributed by atoms with Gasteiger partial charge in [0.05, 0.1) is 11.0 Å². The Bertz CT molecular complexity index is 1220. The number of aromatic amines is 1. The predicted octanol–water partition coefficient (Wildman–Crippen LogP) is 2.87. The molecule has 0 spiro atoms. The van der Waals surface area contributed by atoms with Gasteiger partial charge in [0.25, 0.3) is 5.91 Å². The molecule has 0 unspecified atom stereocenters. The van der Waals surface area contributed by atoms with Crippen molar-refractivity contribution in [1.29, 1.82) is 0 Å². The fraction of sp³-hybridized carbons (Fsp3) is 0.200. The zero-order valence-electron chi connectivity index (χ0n) is 15.9. The fourth-order valence-electron chi connectivity index (χ4n) is 3.00. The van der Waals surface area contributed by atoms with Gasteiger partial charge in [-0.2, -0.15) is 4.98 Å². The number of nitrogens with one attached hydrogen (secondary N) is 2. The van der Waals surface area contributed by atoms with E-state index >= 15 is 0 Å². The van der Waals surface area contributed by atoms with Crippen LogP contribution in [0.1, 0.15) is 29.0 Å². The van der Waals surface area contributed by atoms with E-state index in [2.05, 4.69) is 20.4 Å². The third kappa shape index (κ3) is 3.88. The second kappa shape index (κ2) is 7.63. The number of fused-ring (bicyclic) bond motifs is 1. The Hall–Kier alpha value is -3.88. The molecule has 0 aliphatic heterocycles. The maximum Gasteiger partial charge on any atom is 0.326 e. The highest BCUT2D eigenvalue weighted by Gasteiger charge is 2.11. The van der Waals surface area contributed by atoms with Gasteiger partial charge in [0.2, 0.25) is 11.7 Å². The predicted molar refractivity (Wildman–Crippen MR) is 106 cm³/mol. The van der Waals surface area contributed by atoms with Crippen molar-refractivity contribution in [2.24, 2.45) is 0 Å².